The molecule has 0 aliphatic rings. The number of carbonyl (C=O) groups excluding carboxylic acids is 2. The van der Waals surface area contributed by atoms with Crippen molar-refractivity contribution in [3.63, 3.8) is 0 Å². The molecule has 2 aromatic rings. The average molecular weight is 349 g/mol. The molecule has 0 aliphatic heterocycles. The number of halogens is 1. The number of rotatable bonds is 4. The monoisotopic (exact) mass is 348 g/mol. The summed E-state index contributed by atoms with van der Waals surface area (Å²) >= 11 is 5.85. The third-order valence-electron chi connectivity index (χ3n) is 2.99. The Labute approximate surface area is 142 Å². The Balaban J connectivity index is 1.96. The van der Waals surface area contributed by atoms with Crippen molar-refractivity contribution in [1.82, 2.24) is 10.3 Å². The molecule has 1 aromatic carbocycles. The minimum atomic E-state index is -0.932. The van der Waals surface area contributed by atoms with Crippen molar-refractivity contribution in [2.45, 2.75) is 13.5 Å². The van der Waals surface area contributed by atoms with Crippen LogP contribution >= 0.6 is 11.6 Å². The van der Waals surface area contributed by atoms with Crippen LogP contribution in [0.4, 0.5) is 11.4 Å². The first-order chi connectivity index (χ1) is 11.4. The Morgan fingerprint density at radius 3 is 2.62 bits per heavy atom. The molecule has 0 fully saturated rings. The van der Waals surface area contributed by atoms with Crippen molar-refractivity contribution < 1.29 is 14.5 Å². The molecule has 0 saturated heterocycles. The maximum absolute atomic E-state index is 11.8. The Bertz CT molecular complexity index is 810. The summed E-state index contributed by atoms with van der Waals surface area (Å²) in [6.45, 7) is 1.91. The lowest BCUT2D eigenvalue weighted by molar-refractivity contribution is -0.384. The van der Waals surface area contributed by atoms with E-state index in [-0.39, 0.29) is 22.9 Å². The van der Waals surface area contributed by atoms with Crippen LogP contribution in [0.1, 0.15) is 11.4 Å². The van der Waals surface area contributed by atoms with E-state index in [4.69, 9.17) is 11.6 Å². The second-order valence-corrected chi connectivity index (χ2v) is 5.24. The number of amides is 2. The van der Waals surface area contributed by atoms with Gasteiger partial charge in [0.05, 0.1) is 27.9 Å². The summed E-state index contributed by atoms with van der Waals surface area (Å²) in [6, 6.07) is 8.85. The van der Waals surface area contributed by atoms with Crippen LogP contribution in [0.15, 0.2) is 36.4 Å². The number of nitrogens with zero attached hydrogens (tertiary/aromatic N) is 2. The molecule has 0 unspecified atom stereocenters. The number of aromatic nitrogens is 1. The van der Waals surface area contributed by atoms with Crippen LogP contribution in [-0.4, -0.2) is 21.7 Å². The Hall–Kier alpha value is -3.00. The molecule has 2 amide bonds. The highest BCUT2D eigenvalue weighted by molar-refractivity contribution is 6.41. The number of aryl methyl sites for hydroxylation is 1. The van der Waals surface area contributed by atoms with E-state index in [0.717, 1.165) is 11.8 Å². The molecule has 0 radical (unpaired) electrons. The summed E-state index contributed by atoms with van der Waals surface area (Å²) in [5.74, 6) is -1.80. The molecule has 0 atom stereocenters. The molecule has 2 N–H and O–H groups in total. The predicted octanol–water partition coefficient (Wildman–Crippen LogP) is 2.21. The first-order valence-corrected chi connectivity index (χ1v) is 7.20. The number of anilines is 1. The lowest BCUT2D eigenvalue weighted by atomic mass is 10.2. The summed E-state index contributed by atoms with van der Waals surface area (Å²) in [7, 11) is 0. The number of hydrogen-bond acceptors (Lipinski definition) is 5. The van der Waals surface area contributed by atoms with Gasteiger partial charge in [-0.05, 0) is 25.1 Å². The lowest BCUT2D eigenvalue weighted by Crippen LogP contribution is -2.35. The molecule has 0 aliphatic carbocycles. The highest BCUT2D eigenvalue weighted by Gasteiger charge is 2.16. The summed E-state index contributed by atoms with van der Waals surface area (Å²) in [5.41, 5.74) is 1.30. The highest BCUT2D eigenvalue weighted by Crippen LogP contribution is 2.26. The molecule has 0 spiro atoms. The Kier molecular flexibility index (Phi) is 5.43. The first-order valence-electron chi connectivity index (χ1n) is 6.82. The van der Waals surface area contributed by atoms with Gasteiger partial charge in [0.15, 0.2) is 0 Å². The van der Waals surface area contributed by atoms with Crippen molar-refractivity contribution in [1.29, 1.82) is 0 Å². The van der Waals surface area contributed by atoms with Crippen LogP contribution in [0, 0.1) is 17.0 Å². The van der Waals surface area contributed by atoms with Crippen LogP contribution in [0.2, 0.25) is 5.02 Å². The van der Waals surface area contributed by atoms with Gasteiger partial charge in [-0.1, -0.05) is 17.7 Å². The van der Waals surface area contributed by atoms with E-state index in [1.165, 1.54) is 12.1 Å². The van der Waals surface area contributed by atoms with Crippen molar-refractivity contribution in [3.05, 3.63) is 62.9 Å². The lowest BCUT2D eigenvalue weighted by Gasteiger charge is -2.08. The zero-order valence-electron chi connectivity index (χ0n) is 12.6. The van der Waals surface area contributed by atoms with Crippen LogP contribution in [0.25, 0.3) is 0 Å². The van der Waals surface area contributed by atoms with Gasteiger partial charge < -0.3 is 10.6 Å². The molecule has 9 heteroatoms. The number of nitro groups is 1. The highest BCUT2D eigenvalue weighted by atomic mass is 35.5. The zero-order valence-corrected chi connectivity index (χ0v) is 13.3. The zero-order chi connectivity index (χ0) is 17.7. The largest absolute Gasteiger partial charge is 0.342 e. The van der Waals surface area contributed by atoms with Gasteiger partial charge in [0.25, 0.3) is 5.69 Å². The quantitative estimate of drug-likeness (QED) is 0.499. The van der Waals surface area contributed by atoms with Crippen LogP contribution < -0.4 is 10.6 Å². The van der Waals surface area contributed by atoms with E-state index < -0.39 is 16.7 Å². The fourth-order valence-corrected chi connectivity index (χ4v) is 2.07. The third kappa shape index (κ3) is 4.50. The molecule has 2 rings (SSSR count). The maximum atomic E-state index is 11.8. The molecule has 0 saturated carbocycles. The van der Waals surface area contributed by atoms with Crippen molar-refractivity contribution in [2.75, 3.05) is 5.32 Å². The smallest absolute Gasteiger partial charge is 0.313 e. The first kappa shape index (κ1) is 17.4. The van der Waals surface area contributed by atoms with E-state index in [1.807, 2.05) is 13.0 Å². The minimum absolute atomic E-state index is 0.0364. The van der Waals surface area contributed by atoms with Crippen molar-refractivity contribution in [3.8, 4) is 0 Å². The Morgan fingerprint density at radius 1 is 1.25 bits per heavy atom. The topological polar surface area (TPSA) is 114 Å². The molecule has 124 valence electrons. The summed E-state index contributed by atoms with van der Waals surface area (Å²) in [6.07, 6.45) is 0. The molecular weight excluding hydrogens is 336 g/mol. The number of hydrogen-bond donors (Lipinski definition) is 2. The molecule has 0 bridgehead atoms. The van der Waals surface area contributed by atoms with Gasteiger partial charge in [-0.3, -0.25) is 24.7 Å². The van der Waals surface area contributed by atoms with E-state index in [1.54, 1.807) is 12.1 Å². The van der Waals surface area contributed by atoms with Gasteiger partial charge >= 0.3 is 11.8 Å². The van der Waals surface area contributed by atoms with Crippen LogP contribution in [-0.2, 0) is 16.1 Å². The van der Waals surface area contributed by atoms with E-state index in [9.17, 15) is 19.7 Å². The molecule has 1 heterocycles. The van der Waals surface area contributed by atoms with Crippen LogP contribution in [0.5, 0.6) is 0 Å². The van der Waals surface area contributed by atoms with Crippen molar-refractivity contribution in [2.24, 2.45) is 0 Å². The van der Waals surface area contributed by atoms with Gasteiger partial charge in [0.2, 0.25) is 0 Å². The standard InChI is InChI=1S/C15H13ClN4O4/c1-9-3-2-4-10(18-9)8-17-14(21)15(22)19-13-6-5-11(20(23)24)7-12(13)16/h2-7H,8H2,1H3,(H,17,21)(H,19,22). The van der Waals surface area contributed by atoms with E-state index >= 15 is 0 Å². The van der Waals surface area contributed by atoms with Gasteiger partial charge in [-0.2, -0.15) is 0 Å². The minimum Gasteiger partial charge on any atom is -0.342 e. The maximum Gasteiger partial charge on any atom is 0.313 e. The molecule has 8 nitrogen and oxygen atoms in total. The second-order valence-electron chi connectivity index (χ2n) is 4.83. The summed E-state index contributed by atoms with van der Waals surface area (Å²) in [4.78, 5) is 37.8. The fraction of sp³-hybridized carbons (Fsp3) is 0.133. The predicted molar refractivity (Wildman–Crippen MR) is 87.6 cm³/mol. The third-order valence-corrected chi connectivity index (χ3v) is 3.31. The second kappa shape index (κ2) is 7.51. The number of non-ortho nitro benzene ring substituents is 1. The molecule has 24 heavy (non-hydrogen) atoms. The summed E-state index contributed by atoms with van der Waals surface area (Å²) < 4.78 is 0. The number of nitrogens with one attached hydrogen (secondary N) is 2. The van der Waals surface area contributed by atoms with E-state index in [0.29, 0.717) is 5.69 Å². The van der Waals surface area contributed by atoms with Gasteiger partial charge in [-0.25, -0.2) is 0 Å². The van der Waals surface area contributed by atoms with Gasteiger partial charge in [0.1, 0.15) is 0 Å². The summed E-state index contributed by atoms with van der Waals surface area (Å²) in [5, 5.41) is 15.3. The molecule has 1 aromatic heterocycles. The van der Waals surface area contributed by atoms with E-state index in [2.05, 4.69) is 15.6 Å². The average Bonchev–Trinajstić information content (AvgIpc) is 2.54. The Morgan fingerprint density at radius 2 is 2.00 bits per heavy atom. The fourth-order valence-electron chi connectivity index (χ4n) is 1.85. The van der Waals surface area contributed by atoms with Gasteiger partial charge in [0, 0.05) is 17.8 Å². The molecular formula is C15H13ClN4O4. The normalized spacial score (nSPS) is 10.1. The van der Waals surface area contributed by atoms with Crippen LogP contribution in [0.3, 0.4) is 0 Å². The van der Waals surface area contributed by atoms with Crippen molar-refractivity contribution >= 4 is 34.8 Å². The number of pyridine rings is 1. The SMILES string of the molecule is Cc1cccc(CNC(=O)C(=O)Nc2ccc([N+](=O)[O-])cc2Cl)n1. The van der Waals surface area contributed by atoms with Gasteiger partial charge in [-0.15, -0.1) is 0 Å². The number of benzene rings is 1. The number of carbonyl (C=O) groups is 2. The number of nitro benzene ring substituents is 1.